The van der Waals surface area contributed by atoms with E-state index in [1.165, 1.54) is 6.07 Å². The molecule has 2 aromatic rings. The second-order valence-electron chi connectivity index (χ2n) is 8.05. The summed E-state index contributed by atoms with van der Waals surface area (Å²) in [5.41, 5.74) is 1.97. The number of allylic oxidation sites excluding steroid dienone is 2. The van der Waals surface area contributed by atoms with Crippen LogP contribution in [0.1, 0.15) is 49.0 Å². The molecule has 0 spiro atoms. The monoisotopic (exact) mass is 425 g/mol. The first-order valence-corrected chi connectivity index (χ1v) is 10.9. The van der Waals surface area contributed by atoms with Gasteiger partial charge in [-0.2, -0.15) is 0 Å². The minimum atomic E-state index is -0.870. The van der Waals surface area contributed by atoms with Gasteiger partial charge in [0, 0.05) is 40.1 Å². The van der Waals surface area contributed by atoms with Crippen molar-refractivity contribution in [1.29, 1.82) is 0 Å². The number of hydrogen-bond donors (Lipinski definition) is 1. The Kier molecular flexibility index (Phi) is 5.60. The second kappa shape index (κ2) is 8.19. The van der Waals surface area contributed by atoms with Crippen LogP contribution in [0.3, 0.4) is 0 Å². The molecular weight excluding hydrogens is 401 g/mol. The predicted molar refractivity (Wildman–Crippen MR) is 114 cm³/mol. The van der Waals surface area contributed by atoms with E-state index in [9.17, 15) is 14.0 Å². The number of benzene rings is 1. The Hall–Kier alpha value is -2.73. The van der Waals surface area contributed by atoms with E-state index in [2.05, 4.69) is 11.9 Å². The molecule has 0 bridgehead atoms. The van der Waals surface area contributed by atoms with E-state index in [0.29, 0.717) is 29.7 Å². The van der Waals surface area contributed by atoms with Gasteiger partial charge in [-0.1, -0.05) is 30.8 Å². The summed E-state index contributed by atoms with van der Waals surface area (Å²) in [5, 5.41) is 5.21. The molecule has 1 aromatic carbocycles. The summed E-state index contributed by atoms with van der Waals surface area (Å²) < 4.78 is 20.3. The Bertz CT molecular complexity index is 1020. The first kappa shape index (κ1) is 20.5. The molecule has 2 heterocycles. The third-order valence-electron chi connectivity index (χ3n) is 5.63. The molecule has 0 saturated carbocycles. The molecule has 3 unspecified atom stereocenters. The number of carbonyl (C=O) groups is 2. The molecule has 0 amide bonds. The number of Topliss-reactive ketones (excluding diaryl/α,β-unsaturated/α-hetero) is 1. The van der Waals surface area contributed by atoms with E-state index in [-0.39, 0.29) is 17.8 Å². The first-order chi connectivity index (χ1) is 14.4. The Morgan fingerprint density at radius 1 is 1.23 bits per heavy atom. The lowest BCUT2D eigenvalue weighted by atomic mass is 9.69. The molecule has 1 aliphatic carbocycles. The zero-order valence-electron chi connectivity index (χ0n) is 17.0. The van der Waals surface area contributed by atoms with E-state index < -0.39 is 23.6 Å². The number of ketones is 1. The largest absolute Gasteiger partial charge is 0.462 e. The van der Waals surface area contributed by atoms with Crippen molar-refractivity contribution in [3.8, 4) is 0 Å². The van der Waals surface area contributed by atoms with Crippen LogP contribution in [0.4, 0.5) is 4.39 Å². The highest BCUT2D eigenvalue weighted by molar-refractivity contribution is 7.10. The fourth-order valence-electron chi connectivity index (χ4n) is 4.42. The predicted octanol–water partition coefficient (Wildman–Crippen LogP) is 5.06. The van der Waals surface area contributed by atoms with Gasteiger partial charge in [0.05, 0.1) is 6.10 Å². The molecule has 4 rings (SSSR count). The van der Waals surface area contributed by atoms with Crippen LogP contribution in [0.5, 0.6) is 0 Å². The van der Waals surface area contributed by atoms with Gasteiger partial charge < -0.3 is 10.1 Å². The summed E-state index contributed by atoms with van der Waals surface area (Å²) in [4.78, 5) is 27.4. The maximum atomic E-state index is 14.9. The SMILES string of the molecule is C=C1NC2=C(C(=O)CC(c3cccs3)C2)C(c2ccccc2F)C1C(=O)OC(C)C. The van der Waals surface area contributed by atoms with E-state index in [4.69, 9.17) is 4.74 Å². The lowest BCUT2D eigenvalue weighted by molar-refractivity contribution is -0.151. The fourth-order valence-corrected chi connectivity index (χ4v) is 5.25. The van der Waals surface area contributed by atoms with Gasteiger partial charge in [-0.05, 0) is 43.3 Å². The van der Waals surface area contributed by atoms with Gasteiger partial charge in [-0.3, -0.25) is 9.59 Å². The number of hydrogen-bond acceptors (Lipinski definition) is 5. The summed E-state index contributed by atoms with van der Waals surface area (Å²) in [6, 6.07) is 10.3. The fraction of sp³-hybridized carbons (Fsp3) is 0.333. The van der Waals surface area contributed by atoms with Crippen LogP contribution < -0.4 is 5.32 Å². The van der Waals surface area contributed by atoms with Crippen LogP contribution in [-0.4, -0.2) is 17.9 Å². The molecule has 2 aliphatic rings. The average molecular weight is 426 g/mol. The van der Waals surface area contributed by atoms with Crippen molar-refractivity contribution >= 4 is 23.1 Å². The lowest BCUT2D eigenvalue weighted by Crippen LogP contribution is -2.42. The molecule has 1 aromatic heterocycles. The van der Waals surface area contributed by atoms with Crippen LogP contribution in [-0.2, 0) is 14.3 Å². The molecule has 6 heteroatoms. The maximum absolute atomic E-state index is 14.9. The van der Waals surface area contributed by atoms with Gasteiger partial charge in [-0.15, -0.1) is 11.3 Å². The van der Waals surface area contributed by atoms with Gasteiger partial charge >= 0.3 is 5.97 Å². The Morgan fingerprint density at radius 3 is 2.67 bits per heavy atom. The van der Waals surface area contributed by atoms with Crippen LogP contribution in [0, 0.1) is 11.7 Å². The van der Waals surface area contributed by atoms with Gasteiger partial charge in [0.1, 0.15) is 11.7 Å². The van der Waals surface area contributed by atoms with Gasteiger partial charge in [-0.25, -0.2) is 4.39 Å². The second-order valence-corrected chi connectivity index (χ2v) is 9.03. The van der Waals surface area contributed by atoms with Crippen molar-refractivity contribution < 1.29 is 18.7 Å². The van der Waals surface area contributed by atoms with Crippen LogP contribution in [0.25, 0.3) is 0 Å². The highest BCUT2D eigenvalue weighted by atomic mass is 32.1. The molecule has 0 radical (unpaired) electrons. The summed E-state index contributed by atoms with van der Waals surface area (Å²) in [6.07, 6.45) is 0.634. The van der Waals surface area contributed by atoms with E-state index in [1.54, 1.807) is 43.4 Å². The van der Waals surface area contributed by atoms with Crippen molar-refractivity contribution in [3.05, 3.63) is 81.6 Å². The summed E-state index contributed by atoms with van der Waals surface area (Å²) >= 11 is 1.62. The van der Waals surface area contributed by atoms with Crippen molar-refractivity contribution in [3.63, 3.8) is 0 Å². The summed E-state index contributed by atoms with van der Waals surface area (Å²) in [5.74, 6) is -2.57. The highest BCUT2D eigenvalue weighted by Gasteiger charge is 2.46. The number of carbonyl (C=O) groups excluding carboxylic acids is 2. The maximum Gasteiger partial charge on any atom is 0.316 e. The van der Waals surface area contributed by atoms with Gasteiger partial charge in [0.25, 0.3) is 0 Å². The quantitative estimate of drug-likeness (QED) is 0.696. The number of thiophene rings is 1. The summed E-state index contributed by atoms with van der Waals surface area (Å²) in [7, 11) is 0. The van der Waals surface area contributed by atoms with Crippen LogP contribution in [0.2, 0.25) is 0 Å². The standard InChI is InChI=1S/C24H24FNO3S/c1-13(2)29-24(28)21-14(3)26-18-11-15(20-9-6-10-30-20)12-19(27)23(18)22(21)16-7-4-5-8-17(16)25/h4-10,13,15,21-22,26H,3,11-12H2,1-2H3. The smallest absolute Gasteiger partial charge is 0.316 e. The highest BCUT2D eigenvalue weighted by Crippen LogP contribution is 2.48. The molecule has 0 fully saturated rings. The molecule has 3 atom stereocenters. The average Bonchev–Trinajstić information content (AvgIpc) is 3.21. The first-order valence-electron chi connectivity index (χ1n) is 10.1. The topological polar surface area (TPSA) is 55.4 Å². The Morgan fingerprint density at radius 2 is 2.00 bits per heavy atom. The van der Waals surface area contributed by atoms with E-state index >= 15 is 0 Å². The Labute approximate surface area is 179 Å². The number of nitrogens with one attached hydrogen (secondary N) is 1. The minimum absolute atomic E-state index is 0.0646. The normalized spacial score (nSPS) is 23.9. The van der Waals surface area contributed by atoms with Crippen molar-refractivity contribution in [2.24, 2.45) is 5.92 Å². The van der Waals surface area contributed by atoms with Crippen molar-refractivity contribution in [2.45, 2.75) is 44.6 Å². The number of ether oxygens (including phenoxy) is 1. The van der Waals surface area contributed by atoms with E-state index in [0.717, 1.165) is 10.6 Å². The van der Waals surface area contributed by atoms with Gasteiger partial charge in [0.2, 0.25) is 0 Å². The molecule has 1 aliphatic heterocycles. The molecule has 1 N–H and O–H groups in total. The van der Waals surface area contributed by atoms with Crippen molar-refractivity contribution in [1.82, 2.24) is 5.32 Å². The third kappa shape index (κ3) is 3.72. The van der Waals surface area contributed by atoms with E-state index in [1.807, 2.05) is 17.5 Å². The number of rotatable bonds is 4. The third-order valence-corrected chi connectivity index (χ3v) is 6.67. The molecule has 156 valence electrons. The molecule has 0 saturated heterocycles. The van der Waals surface area contributed by atoms with Crippen LogP contribution in [0.15, 0.2) is 65.3 Å². The molecule has 30 heavy (non-hydrogen) atoms. The molecular formula is C24H24FNO3S. The minimum Gasteiger partial charge on any atom is -0.462 e. The molecule has 4 nitrogen and oxygen atoms in total. The zero-order chi connectivity index (χ0) is 21.4. The van der Waals surface area contributed by atoms with Crippen LogP contribution >= 0.6 is 11.3 Å². The van der Waals surface area contributed by atoms with Gasteiger partial charge in [0.15, 0.2) is 5.78 Å². The number of halogens is 1. The Balaban J connectivity index is 1.82. The number of esters is 1. The lowest BCUT2D eigenvalue weighted by Gasteiger charge is -2.40. The van der Waals surface area contributed by atoms with Crippen molar-refractivity contribution in [2.75, 3.05) is 0 Å². The zero-order valence-corrected chi connectivity index (χ0v) is 17.8. The summed E-state index contributed by atoms with van der Waals surface area (Å²) in [6.45, 7) is 7.58.